The van der Waals surface area contributed by atoms with Gasteiger partial charge in [-0.25, -0.2) is 0 Å². The first-order valence-electron chi connectivity index (χ1n) is 6.49. The van der Waals surface area contributed by atoms with E-state index in [0.717, 1.165) is 18.4 Å². The van der Waals surface area contributed by atoms with Crippen LogP contribution in [0, 0.1) is 0 Å². The molecular weight excluding hydrogens is 278 g/mol. The molecule has 0 aliphatic heterocycles. The number of carbonyl (C=O) groups excluding carboxylic acids is 1. The number of nitrogens with one attached hydrogen (secondary N) is 1. The fourth-order valence-corrected chi connectivity index (χ4v) is 1.74. The normalized spacial score (nSPS) is 10.5. The lowest BCUT2D eigenvalue weighted by molar-refractivity contribution is -0.122. The molecule has 0 unspecified atom stereocenters. The standard InChI is InChI=1S/C13H16ClN5O/c1-2-3-8-15-12(20)9-19-17-13(16-18-19)10-4-6-11(14)7-5-10/h4-7H,2-3,8-9H2,1H3,(H,15,20). The Labute approximate surface area is 122 Å². The molecule has 0 bridgehead atoms. The molecule has 1 N–H and O–H groups in total. The van der Waals surface area contributed by atoms with Gasteiger partial charge in [-0.15, -0.1) is 10.2 Å². The molecule has 106 valence electrons. The van der Waals surface area contributed by atoms with Gasteiger partial charge in [0.25, 0.3) is 0 Å². The molecule has 20 heavy (non-hydrogen) atoms. The maximum absolute atomic E-state index is 11.6. The summed E-state index contributed by atoms with van der Waals surface area (Å²) >= 11 is 5.82. The van der Waals surface area contributed by atoms with Crippen molar-refractivity contribution < 1.29 is 4.79 Å². The quantitative estimate of drug-likeness (QED) is 0.826. The van der Waals surface area contributed by atoms with Crippen molar-refractivity contribution in [1.29, 1.82) is 0 Å². The molecule has 1 aromatic heterocycles. The smallest absolute Gasteiger partial charge is 0.243 e. The number of carbonyl (C=O) groups is 1. The average Bonchev–Trinajstić information content (AvgIpc) is 2.88. The van der Waals surface area contributed by atoms with E-state index >= 15 is 0 Å². The molecule has 0 aliphatic carbocycles. The van der Waals surface area contributed by atoms with Crippen molar-refractivity contribution in [2.75, 3.05) is 6.54 Å². The summed E-state index contributed by atoms with van der Waals surface area (Å²) in [6, 6.07) is 7.14. The molecular formula is C13H16ClN5O. The van der Waals surface area contributed by atoms with E-state index in [4.69, 9.17) is 11.6 Å². The van der Waals surface area contributed by atoms with Crippen LogP contribution in [-0.2, 0) is 11.3 Å². The first-order valence-corrected chi connectivity index (χ1v) is 6.87. The molecule has 0 saturated carbocycles. The molecule has 1 amide bonds. The van der Waals surface area contributed by atoms with E-state index in [-0.39, 0.29) is 12.5 Å². The lowest BCUT2D eigenvalue weighted by Crippen LogP contribution is -2.29. The molecule has 2 rings (SSSR count). The van der Waals surface area contributed by atoms with E-state index in [0.29, 0.717) is 17.4 Å². The highest BCUT2D eigenvalue weighted by molar-refractivity contribution is 6.30. The number of hydrogen-bond acceptors (Lipinski definition) is 4. The topological polar surface area (TPSA) is 72.7 Å². The van der Waals surface area contributed by atoms with Crippen LogP contribution in [0.5, 0.6) is 0 Å². The van der Waals surface area contributed by atoms with E-state index in [1.807, 2.05) is 12.1 Å². The van der Waals surface area contributed by atoms with Crippen molar-refractivity contribution in [3.8, 4) is 11.4 Å². The van der Waals surface area contributed by atoms with E-state index in [1.165, 1.54) is 4.80 Å². The van der Waals surface area contributed by atoms with Crippen LogP contribution in [0.4, 0.5) is 0 Å². The number of tetrazole rings is 1. The lowest BCUT2D eigenvalue weighted by Gasteiger charge is -2.02. The van der Waals surface area contributed by atoms with Gasteiger partial charge in [0.05, 0.1) is 0 Å². The van der Waals surface area contributed by atoms with Crippen LogP contribution >= 0.6 is 11.6 Å². The first-order chi connectivity index (χ1) is 9.69. The van der Waals surface area contributed by atoms with Gasteiger partial charge in [-0.2, -0.15) is 4.80 Å². The SMILES string of the molecule is CCCCNC(=O)Cn1nnc(-c2ccc(Cl)cc2)n1. The summed E-state index contributed by atoms with van der Waals surface area (Å²) in [5, 5.41) is 15.4. The lowest BCUT2D eigenvalue weighted by atomic mass is 10.2. The van der Waals surface area contributed by atoms with E-state index in [9.17, 15) is 4.79 Å². The van der Waals surface area contributed by atoms with Gasteiger partial charge in [0, 0.05) is 17.1 Å². The highest BCUT2D eigenvalue weighted by atomic mass is 35.5. The van der Waals surface area contributed by atoms with Crippen LogP contribution in [0.3, 0.4) is 0 Å². The number of unbranched alkanes of at least 4 members (excludes halogenated alkanes) is 1. The van der Waals surface area contributed by atoms with Crippen molar-refractivity contribution in [3.63, 3.8) is 0 Å². The Kier molecular flexibility index (Phi) is 5.06. The van der Waals surface area contributed by atoms with Crippen LogP contribution < -0.4 is 5.32 Å². The van der Waals surface area contributed by atoms with Crippen LogP contribution in [-0.4, -0.2) is 32.7 Å². The Morgan fingerprint density at radius 1 is 1.35 bits per heavy atom. The molecule has 7 heteroatoms. The number of nitrogens with zero attached hydrogens (tertiary/aromatic N) is 4. The zero-order chi connectivity index (χ0) is 14.4. The molecule has 0 radical (unpaired) electrons. The number of halogens is 1. The third-order valence-corrected chi connectivity index (χ3v) is 2.94. The third-order valence-electron chi connectivity index (χ3n) is 2.69. The van der Waals surface area contributed by atoms with Crippen molar-refractivity contribution >= 4 is 17.5 Å². The molecule has 0 spiro atoms. The largest absolute Gasteiger partial charge is 0.354 e. The van der Waals surface area contributed by atoms with Crippen LogP contribution in [0.25, 0.3) is 11.4 Å². The van der Waals surface area contributed by atoms with Gasteiger partial charge in [-0.1, -0.05) is 24.9 Å². The van der Waals surface area contributed by atoms with Crippen molar-refractivity contribution in [3.05, 3.63) is 29.3 Å². The Morgan fingerprint density at radius 2 is 2.10 bits per heavy atom. The predicted molar refractivity (Wildman–Crippen MR) is 76.2 cm³/mol. The van der Waals surface area contributed by atoms with Gasteiger partial charge in [0.2, 0.25) is 11.7 Å². The minimum Gasteiger partial charge on any atom is -0.354 e. The van der Waals surface area contributed by atoms with Crippen LogP contribution in [0.15, 0.2) is 24.3 Å². The second-order valence-electron chi connectivity index (χ2n) is 4.35. The fourth-order valence-electron chi connectivity index (χ4n) is 1.61. The molecule has 0 aliphatic rings. The minimum absolute atomic E-state index is 0.0737. The summed E-state index contributed by atoms with van der Waals surface area (Å²) in [4.78, 5) is 12.9. The van der Waals surface area contributed by atoms with Gasteiger partial charge in [0.1, 0.15) is 6.54 Å². The monoisotopic (exact) mass is 293 g/mol. The molecule has 1 heterocycles. The molecule has 2 aromatic rings. The average molecular weight is 294 g/mol. The Morgan fingerprint density at radius 3 is 2.80 bits per heavy atom. The maximum atomic E-state index is 11.6. The van der Waals surface area contributed by atoms with Gasteiger partial charge >= 0.3 is 0 Å². The zero-order valence-electron chi connectivity index (χ0n) is 11.2. The first kappa shape index (κ1) is 14.5. The molecule has 0 atom stereocenters. The van der Waals surface area contributed by atoms with Gasteiger partial charge in [0.15, 0.2) is 0 Å². The van der Waals surface area contributed by atoms with Crippen LogP contribution in [0.2, 0.25) is 5.02 Å². The summed E-state index contributed by atoms with van der Waals surface area (Å²) < 4.78 is 0. The van der Waals surface area contributed by atoms with E-state index in [2.05, 4.69) is 27.7 Å². The number of rotatable bonds is 6. The maximum Gasteiger partial charge on any atom is 0.243 e. The summed E-state index contributed by atoms with van der Waals surface area (Å²) in [5.41, 5.74) is 0.812. The van der Waals surface area contributed by atoms with E-state index < -0.39 is 0 Å². The predicted octanol–water partition coefficient (Wildman–Crippen LogP) is 1.91. The summed E-state index contributed by atoms with van der Waals surface area (Å²) in [6.07, 6.45) is 2.01. The number of amides is 1. The van der Waals surface area contributed by atoms with Crippen molar-refractivity contribution in [1.82, 2.24) is 25.5 Å². The second kappa shape index (κ2) is 7.00. The van der Waals surface area contributed by atoms with Crippen molar-refractivity contribution in [2.45, 2.75) is 26.3 Å². The Bertz CT molecular complexity index is 566. The fraction of sp³-hybridized carbons (Fsp3) is 0.385. The highest BCUT2D eigenvalue weighted by Crippen LogP contribution is 2.16. The number of aromatic nitrogens is 4. The van der Waals surface area contributed by atoms with E-state index in [1.54, 1.807) is 12.1 Å². The second-order valence-corrected chi connectivity index (χ2v) is 4.79. The van der Waals surface area contributed by atoms with Gasteiger partial charge < -0.3 is 5.32 Å². The minimum atomic E-state index is -0.112. The molecule has 0 saturated heterocycles. The zero-order valence-corrected chi connectivity index (χ0v) is 12.0. The Balaban J connectivity index is 1.95. The van der Waals surface area contributed by atoms with Crippen LogP contribution in [0.1, 0.15) is 19.8 Å². The van der Waals surface area contributed by atoms with Gasteiger partial charge in [-0.3, -0.25) is 4.79 Å². The summed E-state index contributed by atoms with van der Waals surface area (Å²) in [5.74, 6) is 0.363. The highest BCUT2D eigenvalue weighted by Gasteiger charge is 2.08. The molecule has 1 aromatic carbocycles. The third kappa shape index (κ3) is 4.03. The van der Waals surface area contributed by atoms with Crippen molar-refractivity contribution in [2.24, 2.45) is 0 Å². The summed E-state index contributed by atoms with van der Waals surface area (Å²) in [7, 11) is 0. The number of benzene rings is 1. The number of hydrogen-bond donors (Lipinski definition) is 1. The molecule has 0 fully saturated rings. The Hall–Kier alpha value is -1.95. The summed E-state index contributed by atoms with van der Waals surface area (Å²) in [6.45, 7) is 2.82. The molecule has 6 nitrogen and oxygen atoms in total. The van der Waals surface area contributed by atoms with Gasteiger partial charge in [-0.05, 0) is 35.9 Å².